The van der Waals surface area contributed by atoms with Crippen molar-refractivity contribution in [3.8, 4) is 0 Å². The van der Waals surface area contributed by atoms with Gasteiger partial charge in [-0.3, -0.25) is 4.79 Å². The molecule has 4 nitrogen and oxygen atoms in total. The molecule has 0 radical (unpaired) electrons. The number of carbonyl (C=O) groups is 1. The van der Waals surface area contributed by atoms with Crippen LogP contribution >= 0.6 is 0 Å². The summed E-state index contributed by atoms with van der Waals surface area (Å²) in [7, 11) is 0. The second-order valence-electron chi connectivity index (χ2n) is 4.21. The third-order valence-electron chi connectivity index (χ3n) is 3.11. The van der Waals surface area contributed by atoms with Gasteiger partial charge < -0.3 is 15.7 Å². The number of hydrogen-bond donors (Lipinski definition) is 2. The summed E-state index contributed by atoms with van der Waals surface area (Å²) in [6.07, 6.45) is 4.72. The Kier molecular flexibility index (Phi) is 5.05. The Morgan fingerprint density at radius 3 is 2.67 bits per heavy atom. The van der Waals surface area contributed by atoms with E-state index in [2.05, 4.69) is 0 Å². The molecule has 0 heterocycles. The molecule has 1 fully saturated rings. The Morgan fingerprint density at radius 2 is 2.27 bits per heavy atom. The van der Waals surface area contributed by atoms with Crippen molar-refractivity contribution in [2.75, 3.05) is 13.2 Å². The van der Waals surface area contributed by atoms with Gasteiger partial charge >= 0.3 is 0 Å². The molecule has 1 amide bonds. The molecule has 1 saturated carbocycles. The summed E-state index contributed by atoms with van der Waals surface area (Å²) >= 11 is 0. The Bertz CT molecular complexity index is 205. The van der Waals surface area contributed by atoms with Crippen molar-refractivity contribution in [1.29, 1.82) is 0 Å². The van der Waals surface area contributed by atoms with E-state index in [-0.39, 0.29) is 18.6 Å². The average Bonchev–Trinajstić information content (AvgIpc) is 2.19. The van der Waals surface area contributed by atoms with Crippen molar-refractivity contribution in [3.05, 3.63) is 0 Å². The first kappa shape index (κ1) is 12.5. The summed E-state index contributed by atoms with van der Waals surface area (Å²) < 4.78 is 0. The van der Waals surface area contributed by atoms with Crippen LogP contribution in [0, 0.1) is 0 Å². The lowest BCUT2D eigenvalue weighted by molar-refractivity contribution is -0.136. The van der Waals surface area contributed by atoms with E-state index in [0.29, 0.717) is 25.4 Å². The molecule has 15 heavy (non-hydrogen) atoms. The van der Waals surface area contributed by atoms with Crippen molar-refractivity contribution >= 4 is 5.91 Å². The van der Waals surface area contributed by atoms with Gasteiger partial charge in [0.05, 0.1) is 6.04 Å². The van der Waals surface area contributed by atoms with Gasteiger partial charge in [0.25, 0.3) is 0 Å². The minimum atomic E-state index is -0.371. The highest BCUT2D eigenvalue weighted by molar-refractivity contribution is 5.82. The number of nitrogens with two attached hydrogens (primary N) is 1. The summed E-state index contributed by atoms with van der Waals surface area (Å²) in [5, 5.41) is 8.80. The molecule has 1 rings (SSSR count). The number of aliphatic hydroxyl groups excluding tert-OH is 1. The molecule has 1 aliphatic carbocycles. The van der Waals surface area contributed by atoms with Gasteiger partial charge in [0.1, 0.15) is 0 Å². The lowest BCUT2D eigenvalue weighted by atomic mass is 9.90. The van der Waals surface area contributed by atoms with E-state index in [9.17, 15) is 4.79 Å². The number of amides is 1. The van der Waals surface area contributed by atoms with Crippen molar-refractivity contribution in [2.45, 2.75) is 51.1 Å². The van der Waals surface area contributed by atoms with Crippen LogP contribution in [0.3, 0.4) is 0 Å². The van der Waals surface area contributed by atoms with E-state index < -0.39 is 0 Å². The number of nitrogens with zero attached hydrogens (tertiary/aromatic N) is 1. The average molecular weight is 214 g/mol. The standard InChI is InChI=1S/C11H22N2O2/c1-2-10(12)11(15)13(7-4-8-14)9-5-3-6-9/h9-10,14H,2-8,12H2,1H3/t10-/m0/s1. The Morgan fingerprint density at radius 1 is 1.60 bits per heavy atom. The van der Waals surface area contributed by atoms with Crippen LogP contribution in [0.25, 0.3) is 0 Å². The number of rotatable bonds is 6. The first-order chi connectivity index (χ1) is 7.20. The first-order valence-electron chi connectivity index (χ1n) is 5.87. The summed E-state index contributed by atoms with van der Waals surface area (Å²) in [6, 6.07) is 0.00550. The van der Waals surface area contributed by atoms with Crippen LogP contribution in [0.4, 0.5) is 0 Å². The van der Waals surface area contributed by atoms with Crippen molar-refractivity contribution in [3.63, 3.8) is 0 Å². The molecular formula is C11H22N2O2. The largest absolute Gasteiger partial charge is 0.396 e. The highest BCUT2D eigenvalue weighted by Gasteiger charge is 2.30. The fraction of sp³-hybridized carbons (Fsp3) is 0.909. The minimum Gasteiger partial charge on any atom is -0.396 e. The molecule has 1 atom stereocenters. The van der Waals surface area contributed by atoms with E-state index in [1.165, 1.54) is 6.42 Å². The fourth-order valence-corrected chi connectivity index (χ4v) is 1.80. The first-order valence-corrected chi connectivity index (χ1v) is 5.87. The molecule has 0 unspecified atom stereocenters. The van der Waals surface area contributed by atoms with Gasteiger partial charge in [-0.05, 0) is 32.1 Å². The predicted octanol–water partition coefficient (Wildman–Crippen LogP) is 0.487. The van der Waals surface area contributed by atoms with Crippen molar-refractivity contribution in [2.24, 2.45) is 5.73 Å². The molecule has 0 saturated heterocycles. The van der Waals surface area contributed by atoms with Crippen LogP contribution in [0.1, 0.15) is 39.0 Å². The molecule has 1 aliphatic rings. The fourth-order valence-electron chi connectivity index (χ4n) is 1.80. The predicted molar refractivity (Wildman–Crippen MR) is 59.3 cm³/mol. The minimum absolute atomic E-state index is 0.0515. The van der Waals surface area contributed by atoms with Crippen LogP contribution in [0.5, 0.6) is 0 Å². The maximum absolute atomic E-state index is 11.9. The van der Waals surface area contributed by atoms with Gasteiger partial charge in [-0.1, -0.05) is 6.92 Å². The summed E-state index contributed by atoms with van der Waals surface area (Å²) in [5.74, 6) is 0.0515. The SMILES string of the molecule is CC[C@H](N)C(=O)N(CCCO)C1CCC1. The smallest absolute Gasteiger partial charge is 0.239 e. The van der Waals surface area contributed by atoms with Gasteiger partial charge in [-0.2, -0.15) is 0 Å². The van der Waals surface area contributed by atoms with Gasteiger partial charge in [-0.15, -0.1) is 0 Å². The number of hydrogen-bond acceptors (Lipinski definition) is 3. The van der Waals surface area contributed by atoms with E-state index >= 15 is 0 Å². The van der Waals surface area contributed by atoms with Gasteiger partial charge in [0.2, 0.25) is 5.91 Å². The molecule has 0 spiro atoms. The molecule has 4 heteroatoms. The van der Waals surface area contributed by atoms with E-state index in [1.54, 1.807) is 0 Å². The Hall–Kier alpha value is -0.610. The zero-order chi connectivity index (χ0) is 11.3. The van der Waals surface area contributed by atoms with Crippen LogP contribution in [-0.2, 0) is 4.79 Å². The van der Waals surface area contributed by atoms with E-state index in [4.69, 9.17) is 10.8 Å². The van der Waals surface area contributed by atoms with Crippen LogP contribution in [0.15, 0.2) is 0 Å². The van der Waals surface area contributed by atoms with Crippen LogP contribution in [-0.4, -0.2) is 41.1 Å². The zero-order valence-corrected chi connectivity index (χ0v) is 9.48. The molecule has 3 N–H and O–H groups in total. The second-order valence-corrected chi connectivity index (χ2v) is 4.21. The lowest BCUT2D eigenvalue weighted by Gasteiger charge is -2.38. The Labute approximate surface area is 91.4 Å². The summed E-state index contributed by atoms with van der Waals surface area (Å²) in [4.78, 5) is 13.8. The quantitative estimate of drug-likeness (QED) is 0.676. The molecule has 0 bridgehead atoms. The highest BCUT2D eigenvalue weighted by Crippen LogP contribution is 2.25. The maximum Gasteiger partial charge on any atom is 0.239 e. The topological polar surface area (TPSA) is 66.6 Å². The third-order valence-corrected chi connectivity index (χ3v) is 3.11. The lowest BCUT2D eigenvalue weighted by Crippen LogP contribution is -2.51. The number of carbonyl (C=O) groups excluding carboxylic acids is 1. The van der Waals surface area contributed by atoms with Gasteiger partial charge in [0.15, 0.2) is 0 Å². The van der Waals surface area contributed by atoms with Gasteiger partial charge in [0, 0.05) is 19.2 Å². The summed E-state index contributed by atoms with van der Waals surface area (Å²) in [5.41, 5.74) is 5.75. The normalized spacial score (nSPS) is 18.3. The summed E-state index contributed by atoms with van der Waals surface area (Å²) in [6.45, 7) is 2.71. The van der Waals surface area contributed by atoms with E-state index in [1.807, 2.05) is 11.8 Å². The highest BCUT2D eigenvalue weighted by atomic mass is 16.3. The van der Waals surface area contributed by atoms with Crippen molar-refractivity contribution < 1.29 is 9.90 Å². The van der Waals surface area contributed by atoms with Crippen molar-refractivity contribution in [1.82, 2.24) is 4.90 Å². The van der Waals surface area contributed by atoms with Gasteiger partial charge in [-0.25, -0.2) is 0 Å². The van der Waals surface area contributed by atoms with Crippen LogP contribution in [0.2, 0.25) is 0 Å². The Balaban J connectivity index is 2.49. The number of aliphatic hydroxyl groups is 1. The maximum atomic E-state index is 11.9. The molecule has 0 aliphatic heterocycles. The van der Waals surface area contributed by atoms with E-state index in [0.717, 1.165) is 12.8 Å². The monoisotopic (exact) mass is 214 g/mol. The second kappa shape index (κ2) is 6.08. The zero-order valence-electron chi connectivity index (χ0n) is 9.48. The molecule has 88 valence electrons. The molecule has 0 aromatic carbocycles. The molecular weight excluding hydrogens is 192 g/mol. The van der Waals surface area contributed by atoms with Crippen LogP contribution < -0.4 is 5.73 Å². The molecule has 0 aromatic heterocycles. The molecule has 0 aromatic rings. The third kappa shape index (κ3) is 3.18.